The van der Waals surface area contributed by atoms with Gasteiger partial charge in [-0.3, -0.25) is 4.68 Å². The van der Waals surface area contributed by atoms with Crippen LogP contribution >= 0.6 is 0 Å². The number of rotatable bonds is 5. The summed E-state index contributed by atoms with van der Waals surface area (Å²) in [7, 11) is 1.90. The summed E-state index contributed by atoms with van der Waals surface area (Å²) in [6, 6.07) is 5.82. The van der Waals surface area contributed by atoms with E-state index in [0.29, 0.717) is 19.1 Å². The highest BCUT2D eigenvalue weighted by Gasteiger charge is 2.22. The minimum atomic E-state index is -0.0130. The maximum absolute atomic E-state index is 5.67. The Bertz CT molecular complexity index is 901. The third-order valence-corrected chi connectivity index (χ3v) is 4.41. The van der Waals surface area contributed by atoms with E-state index in [1.165, 1.54) is 0 Å². The van der Waals surface area contributed by atoms with Crippen LogP contribution in [0, 0.1) is 5.92 Å². The summed E-state index contributed by atoms with van der Waals surface area (Å²) < 4.78 is 14.9. The average Bonchev–Trinajstić information content (AvgIpc) is 3.28. The van der Waals surface area contributed by atoms with Crippen LogP contribution in [-0.2, 0) is 7.05 Å². The summed E-state index contributed by atoms with van der Waals surface area (Å²) >= 11 is 0. The molecule has 0 spiro atoms. The lowest BCUT2D eigenvalue weighted by Gasteiger charge is -2.18. The zero-order valence-electron chi connectivity index (χ0n) is 15.2. The van der Waals surface area contributed by atoms with Gasteiger partial charge in [-0.15, -0.1) is 5.10 Å². The normalized spacial score (nSPS) is 14.6. The highest BCUT2D eigenvalue weighted by Crippen LogP contribution is 2.34. The fourth-order valence-corrected chi connectivity index (χ4v) is 3.15. The molecule has 0 saturated heterocycles. The third kappa shape index (κ3) is 3.14. The molecule has 8 heteroatoms. The van der Waals surface area contributed by atoms with Gasteiger partial charge in [-0.05, 0) is 30.5 Å². The van der Waals surface area contributed by atoms with Crippen LogP contribution in [0.15, 0.2) is 30.7 Å². The molecule has 8 nitrogen and oxygen atoms in total. The van der Waals surface area contributed by atoms with Crippen molar-refractivity contribution in [2.75, 3.05) is 13.2 Å². The van der Waals surface area contributed by atoms with Crippen molar-refractivity contribution in [3.63, 3.8) is 0 Å². The van der Waals surface area contributed by atoms with Crippen molar-refractivity contribution in [3.8, 4) is 22.8 Å². The minimum Gasteiger partial charge on any atom is -0.486 e. The zero-order chi connectivity index (χ0) is 18.1. The van der Waals surface area contributed by atoms with Crippen LogP contribution in [0.1, 0.15) is 32.1 Å². The molecule has 3 aromatic rings. The van der Waals surface area contributed by atoms with Crippen molar-refractivity contribution in [1.29, 1.82) is 0 Å². The summed E-state index contributed by atoms with van der Waals surface area (Å²) in [5.74, 6) is 2.87. The van der Waals surface area contributed by atoms with Gasteiger partial charge in [-0.25, -0.2) is 9.67 Å². The Hall–Kier alpha value is -2.90. The molecular formula is C18H22N6O2. The molecule has 2 aromatic heterocycles. The van der Waals surface area contributed by atoms with Crippen LogP contribution in [0.4, 0.5) is 0 Å². The number of fused-ring (bicyclic) bond motifs is 1. The molecule has 1 aromatic carbocycles. The number of nitrogens with zero attached hydrogens (tertiary/aromatic N) is 6. The molecule has 1 aliphatic rings. The Morgan fingerprint density at radius 2 is 1.96 bits per heavy atom. The molecule has 136 valence electrons. The second kappa shape index (κ2) is 6.78. The topological polar surface area (TPSA) is 79.9 Å². The fourth-order valence-electron chi connectivity index (χ4n) is 3.15. The first-order valence-corrected chi connectivity index (χ1v) is 8.77. The molecule has 1 atom stereocenters. The van der Waals surface area contributed by atoms with Gasteiger partial charge in [-0.1, -0.05) is 19.1 Å². The van der Waals surface area contributed by atoms with Crippen molar-refractivity contribution in [1.82, 2.24) is 29.8 Å². The Labute approximate surface area is 151 Å². The van der Waals surface area contributed by atoms with Crippen LogP contribution in [0.25, 0.3) is 11.3 Å². The first-order valence-electron chi connectivity index (χ1n) is 8.77. The Morgan fingerprint density at radius 3 is 2.69 bits per heavy atom. The van der Waals surface area contributed by atoms with Crippen molar-refractivity contribution in [2.24, 2.45) is 13.0 Å². The van der Waals surface area contributed by atoms with Crippen LogP contribution in [-0.4, -0.2) is 43.0 Å². The summed E-state index contributed by atoms with van der Waals surface area (Å²) in [4.78, 5) is 4.41. The Balaban J connectivity index is 1.66. The van der Waals surface area contributed by atoms with Gasteiger partial charge in [0, 0.05) is 12.6 Å². The second-order valence-corrected chi connectivity index (χ2v) is 6.83. The molecule has 0 saturated carbocycles. The van der Waals surface area contributed by atoms with Gasteiger partial charge in [0.05, 0.1) is 6.20 Å². The van der Waals surface area contributed by atoms with Crippen LogP contribution in [0.2, 0.25) is 0 Å². The summed E-state index contributed by atoms with van der Waals surface area (Å²) in [5, 5.41) is 12.9. The summed E-state index contributed by atoms with van der Waals surface area (Å²) in [6.45, 7) is 5.51. The van der Waals surface area contributed by atoms with E-state index >= 15 is 0 Å². The van der Waals surface area contributed by atoms with Gasteiger partial charge in [0.25, 0.3) is 0 Å². The van der Waals surface area contributed by atoms with E-state index in [0.717, 1.165) is 35.0 Å². The molecule has 0 bridgehead atoms. The zero-order valence-corrected chi connectivity index (χ0v) is 15.2. The van der Waals surface area contributed by atoms with Gasteiger partial charge >= 0.3 is 0 Å². The highest BCUT2D eigenvalue weighted by atomic mass is 16.6. The molecule has 0 amide bonds. The maximum atomic E-state index is 5.67. The standard InChI is InChI=1S/C18H22N6O2/c1-12(2)8-15(18-19-11-20-23(18)3)24-10-14(21-22-24)13-4-5-16-17(9-13)26-7-6-25-16/h4-5,9-12,15H,6-8H2,1-3H3/t15-/m0/s1. The van der Waals surface area contributed by atoms with Gasteiger partial charge in [0.2, 0.25) is 0 Å². The lowest BCUT2D eigenvalue weighted by molar-refractivity contribution is 0.171. The molecule has 0 fully saturated rings. The number of aromatic nitrogens is 6. The molecule has 26 heavy (non-hydrogen) atoms. The smallest absolute Gasteiger partial charge is 0.162 e. The first-order chi connectivity index (χ1) is 12.6. The molecule has 0 radical (unpaired) electrons. The van der Waals surface area contributed by atoms with Gasteiger partial charge < -0.3 is 9.47 Å². The van der Waals surface area contributed by atoms with Crippen molar-refractivity contribution >= 4 is 0 Å². The Kier molecular flexibility index (Phi) is 4.32. The number of hydrogen-bond donors (Lipinski definition) is 0. The molecule has 3 heterocycles. The molecular weight excluding hydrogens is 332 g/mol. The average molecular weight is 354 g/mol. The second-order valence-electron chi connectivity index (χ2n) is 6.83. The van der Waals surface area contributed by atoms with Crippen molar-refractivity contribution < 1.29 is 9.47 Å². The first kappa shape index (κ1) is 16.6. The van der Waals surface area contributed by atoms with E-state index in [9.17, 15) is 0 Å². The van der Waals surface area contributed by atoms with E-state index in [-0.39, 0.29) is 6.04 Å². The van der Waals surface area contributed by atoms with E-state index in [4.69, 9.17) is 9.47 Å². The van der Waals surface area contributed by atoms with Gasteiger partial charge in [-0.2, -0.15) is 5.10 Å². The Morgan fingerprint density at radius 1 is 1.15 bits per heavy atom. The fraction of sp³-hybridized carbons (Fsp3) is 0.444. The predicted molar refractivity (Wildman–Crippen MR) is 95.0 cm³/mol. The lowest BCUT2D eigenvalue weighted by atomic mass is 10.0. The molecule has 0 aliphatic carbocycles. The summed E-state index contributed by atoms with van der Waals surface area (Å²) in [6.07, 6.45) is 4.42. The third-order valence-electron chi connectivity index (χ3n) is 4.41. The minimum absolute atomic E-state index is 0.0130. The molecule has 0 unspecified atom stereocenters. The van der Waals surface area contributed by atoms with Crippen LogP contribution < -0.4 is 9.47 Å². The number of aryl methyl sites for hydroxylation is 1. The number of hydrogen-bond acceptors (Lipinski definition) is 6. The molecule has 0 N–H and O–H groups in total. The lowest BCUT2D eigenvalue weighted by Crippen LogP contribution is -2.18. The van der Waals surface area contributed by atoms with Gasteiger partial charge in [0.15, 0.2) is 17.3 Å². The quantitative estimate of drug-likeness (QED) is 0.700. The van der Waals surface area contributed by atoms with E-state index in [2.05, 4.69) is 34.2 Å². The SMILES string of the molecule is CC(C)C[C@@H](c1ncnn1C)n1cc(-c2ccc3c(c2)OCCO3)nn1. The number of benzene rings is 1. The molecule has 4 rings (SSSR count). The largest absolute Gasteiger partial charge is 0.486 e. The van der Waals surface area contributed by atoms with Crippen LogP contribution in [0.5, 0.6) is 11.5 Å². The van der Waals surface area contributed by atoms with E-state index < -0.39 is 0 Å². The van der Waals surface area contributed by atoms with Crippen molar-refractivity contribution in [3.05, 3.63) is 36.5 Å². The van der Waals surface area contributed by atoms with E-state index in [1.807, 2.05) is 36.1 Å². The molecule has 1 aliphatic heterocycles. The highest BCUT2D eigenvalue weighted by molar-refractivity contribution is 5.63. The maximum Gasteiger partial charge on any atom is 0.162 e. The predicted octanol–water partition coefficient (Wildman–Crippen LogP) is 2.48. The van der Waals surface area contributed by atoms with Gasteiger partial charge in [0.1, 0.15) is 31.3 Å². The number of ether oxygens (including phenoxy) is 2. The van der Waals surface area contributed by atoms with Crippen LogP contribution in [0.3, 0.4) is 0 Å². The summed E-state index contributed by atoms with van der Waals surface area (Å²) in [5.41, 5.74) is 1.74. The monoisotopic (exact) mass is 354 g/mol. The van der Waals surface area contributed by atoms with Crippen molar-refractivity contribution in [2.45, 2.75) is 26.3 Å². The van der Waals surface area contributed by atoms with E-state index in [1.54, 1.807) is 11.0 Å².